The van der Waals surface area contributed by atoms with Crippen molar-refractivity contribution in [2.24, 2.45) is 5.73 Å². The predicted molar refractivity (Wildman–Crippen MR) is 63.1 cm³/mol. The first-order valence-electron chi connectivity index (χ1n) is 5.30. The van der Waals surface area contributed by atoms with E-state index in [0.29, 0.717) is 17.1 Å². The van der Waals surface area contributed by atoms with Crippen LogP contribution in [0.5, 0.6) is 0 Å². The third kappa shape index (κ3) is 2.05. The topological polar surface area (TPSA) is 113 Å². The molecule has 1 unspecified atom stereocenters. The van der Waals surface area contributed by atoms with E-state index in [1.165, 1.54) is 10.7 Å². The van der Waals surface area contributed by atoms with E-state index in [1.54, 1.807) is 26.0 Å². The Morgan fingerprint density at radius 1 is 1.50 bits per heavy atom. The van der Waals surface area contributed by atoms with Crippen molar-refractivity contribution in [3.8, 4) is 5.69 Å². The van der Waals surface area contributed by atoms with E-state index in [9.17, 15) is 10.1 Å². The summed E-state index contributed by atoms with van der Waals surface area (Å²) in [6, 6.07) is 4.35. The highest BCUT2D eigenvalue weighted by Gasteiger charge is 2.15. The summed E-state index contributed by atoms with van der Waals surface area (Å²) in [6.07, 6.45) is 0. The van der Waals surface area contributed by atoms with Crippen LogP contribution in [0.15, 0.2) is 18.2 Å². The van der Waals surface area contributed by atoms with Gasteiger partial charge >= 0.3 is 0 Å². The van der Waals surface area contributed by atoms with Crippen molar-refractivity contribution < 1.29 is 4.92 Å². The van der Waals surface area contributed by atoms with Crippen molar-refractivity contribution >= 4 is 5.69 Å². The van der Waals surface area contributed by atoms with Crippen LogP contribution < -0.4 is 5.73 Å². The number of nitro groups is 1. The molecule has 0 aliphatic heterocycles. The van der Waals surface area contributed by atoms with Crippen LogP contribution in [0.4, 0.5) is 5.69 Å². The first-order valence-corrected chi connectivity index (χ1v) is 5.30. The smallest absolute Gasteiger partial charge is 0.272 e. The van der Waals surface area contributed by atoms with E-state index in [2.05, 4.69) is 15.5 Å². The molecule has 0 aliphatic carbocycles. The molecule has 0 bridgehead atoms. The average molecular weight is 248 g/mol. The van der Waals surface area contributed by atoms with Crippen molar-refractivity contribution in [1.29, 1.82) is 0 Å². The van der Waals surface area contributed by atoms with Gasteiger partial charge < -0.3 is 5.73 Å². The first kappa shape index (κ1) is 12.1. The Labute approximate surface area is 103 Å². The summed E-state index contributed by atoms with van der Waals surface area (Å²) in [5, 5.41) is 21.9. The molecule has 1 heterocycles. The Hall–Kier alpha value is -2.35. The lowest BCUT2D eigenvalue weighted by atomic mass is 10.2. The molecule has 0 radical (unpaired) electrons. The third-order valence-electron chi connectivity index (χ3n) is 2.52. The van der Waals surface area contributed by atoms with Gasteiger partial charge in [0, 0.05) is 11.6 Å². The van der Waals surface area contributed by atoms with Crippen LogP contribution in [0.25, 0.3) is 5.69 Å². The highest BCUT2D eigenvalue weighted by Crippen LogP contribution is 2.21. The summed E-state index contributed by atoms with van der Waals surface area (Å²) < 4.78 is 1.47. The molecule has 2 N–H and O–H groups in total. The Bertz CT molecular complexity index is 592. The molecule has 8 heteroatoms. The van der Waals surface area contributed by atoms with Crippen LogP contribution in [-0.4, -0.2) is 25.1 Å². The highest BCUT2D eigenvalue weighted by atomic mass is 16.6. The second-order valence-electron chi connectivity index (χ2n) is 3.97. The van der Waals surface area contributed by atoms with Crippen LogP contribution in [0.2, 0.25) is 0 Å². The van der Waals surface area contributed by atoms with Crippen LogP contribution >= 0.6 is 0 Å². The maximum Gasteiger partial charge on any atom is 0.272 e. The van der Waals surface area contributed by atoms with Gasteiger partial charge in [0.1, 0.15) is 0 Å². The van der Waals surface area contributed by atoms with E-state index in [1.807, 2.05) is 0 Å². The van der Waals surface area contributed by atoms with Gasteiger partial charge in [-0.2, -0.15) is 4.68 Å². The van der Waals surface area contributed by atoms with Crippen molar-refractivity contribution in [1.82, 2.24) is 20.2 Å². The predicted octanol–water partition coefficient (Wildman–Crippen LogP) is 0.899. The lowest BCUT2D eigenvalue weighted by Gasteiger charge is -2.07. The summed E-state index contributed by atoms with van der Waals surface area (Å²) >= 11 is 0. The van der Waals surface area contributed by atoms with Gasteiger partial charge in [-0.1, -0.05) is 0 Å². The molecule has 1 aromatic heterocycles. The van der Waals surface area contributed by atoms with Gasteiger partial charge in [-0.05, 0) is 36.4 Å². The second kappa shape index (κ2) is 4.49. The maximum atomic E-state index is 10.7. The zero-order chi connectivity index (χ0) is 13.3. The molecular formula is C10H12N6O2. The number of nitrogens with zero attached hydrogens (tertiary/aromatic N) is 5. The largest absolute Gasteiger partial charge is 0.321 e. The third-order valence-corrected chi connectivity index (χ3v) is 2.52. The van der Waals surface area contributed by atoms with Gasteiger partial charge in [0.15, 0.2) is 5.82 Å². The first-order chi connectivity index (χ1) is 8.50. The fourth-order valence-electron chi connectivity index (χ4n) is 1.64. The molecular weight excluding hydrogens is 236 g/mol. The quantitative estimate of drug-likeness (QED) is 0.637. The fourth-order valence-corrected chi connectivity index (χ4v) is 1.64. The fraction of sp³-hybridized carbons (Fsp3) is 0.300. The van der Waals surface area contributed by atoms with Crippen LogP contribution in [0, 0.1) is 17.0 Å². The lowest BCUT2D eigenvalue weighted by molar-refractivity contribution is -0.385. The summed E-state index contributed by atoms with van der Waals surface area (Å²) in [5.41, 5.74) is 7.00. The number of tetrazole rings is 1. The number of rotatable bonds is 3. The SMILES string of the molecule is Cc1cc(-n2nnnc2C(C)N)ccc1[N+](=O)[O-]. The Kier molecular flexibility index (Phi) is 3.02. The number of aryl methyl sites for hydroxylation is 1. The Morgan fingerprint density at radius 2 is 2.22 bits per heavy atom. The summed E-state index contributed by atoms with van der Waals surface area (Å²) in [4.78, 5) is 10.3. The number of aromatic nitrogens is 4. The summed E-state index contributed by atoms with van der Waals surface area (Å²) in [6.45, 7) is 3.43. The monoisotopic (exact) mass is 248 g/mol. The normalized spacial score (nSPS) is 12.4. The van der Waals surface area contributed by atoms with Crippen molar-refractivity contribution in [3.63, 3.8) is 0 Å². The van der Waals surface area contributed by atoms with E-state index in [4.69, 9.17) is 5.73 Å². The minimum Gasteiger partial charge on any atom is -0.321 e. The molecule has 2 aromatic rings. The number of hydrogen-bond acceptors (Lipinski definition) is 6. The highest BCUT2D eigenvalue weighted by molar-refractivity contribution is 5.47. The Balaban J connectivity index is 2.49. The van der Waals surface area contributed by atoms with Gasteiger partial charge in [-0.25, -0.2) is 0 Å². The molecule has 0 fully saturated rings. The number of nitro benzene ring substituents is 1. The van der Waals surface area contributed by atoms with Gasteiger partial charge in [-0.15, -0.1) is 5.10 Å². The van der Waals surface area contributed by atoms with Crippen LogP contribution in [0.3, 0.4) is 0 Å². The molecule has 1 atom stereocenters. The van der Waals surface area contributed by atoms with Gasteiger partial charge in [0.25, 0.3) is 5.69 Å². The Morgan fingerprint density at radius 3 is 2.78 bits per heavy atom. The maximum absolute atomic E-state index is 10.7. The zero-order valence-corrected chi connectivity index (χ0v) is 9.94. The second-order valence-corrected chi connectivity index (χ2v) is 3.97. The van der Waals surface area contributed by atoms with E-state index in [0.717, 1.165) is 0 Å². The minimum atomic E-state index is -0.425. The summed E-state index contributed by atoms with van der Waals surface area (Å²) in [5.74, 6) is 0.503. The zero-order valence-electron chi connectivity index (χ0n) is 9.94. The number of nitrogens with two attached hydrogens (primary N) is 1. The molecule has 8 nitrogen and oxygen atoms in total. The molecule has 0 aliphatic rings. The number of benzene rings is 1. The molecule has 0 saturated carbocycles. The van der Waals surface area contributed by atoms with Gasteiger partial charge in [-0.3, -0.25) is 10.1 Å². The van der Waals surface area contributed by atoms with Gasteiger partial charge in [0.2, 0.25) is 0 Å². The molecule has 0 saturated heterocycles. The van der Waals surface area contributed by atoms with Crippen LogP contribution in [-0.2, 0) is 0 Å². The minimum absolute atomic E-state index is 0.0640. The molecule has 2 rings (SSSR count). The van der Waals surface area contributed by atoms with Crippen molar-refractivity contribution in [3.05, 3.63) is 39.7 Å². The standard InChI is InChI=1S/C10H12N6O2/c1-6-5-8(3-4-9(6)16(17)18)15-10(7(2)11)12-13-14-15/h3-5,7H,11H2,1-2H3. The molecule has 18 heavy (non-hydrogen) atoms. The van der Waals surface area contributed by atoms with E-state index >= 15 is 0 Å². The van der Waals surface area contributed by atoms with E-state index < -0.39 is 4.92 Å². The van der Waals surface area contributed by atoms with Crippen molar-refractivity contribution in [2.75, 3.05) is 0 Å². The number of hydrogen-bond donors (Lipinski definition) is 1. The van der Waals surface area contributed by atoms with Gasteiger partial charge in [0.05, 0.1) is 16.7 Å². The summed E-state index contributed by atoms with van der Waals surface area (Å²) in [7, 11) is 0. The molecule has 94 valence electrons. The average Bonchev–Trinajstić information content (AvgIpc) is 2.77. The lowest BCUT2D eigenvalue weighted by Crippen LogP contribution is -2.13. The molecule has 0 spiro atoms. The van der Waals surface area contributed by atoms with E-state index in [-0.39, 0.29) is 11.7 Å². The molecule has 0 amide bonds. The molecule has 1 aromatic carbocycles. The van der Waals surface area contributed by atoms with Crippen LogP contribution in [0.1, 0.15) is 24.4 Å². The van der Waals surface area contributed by atoms with Crippen molar-refractivity contribution in [2.45, 2.75) is 19.9 Å².